The highest BCUT2D eigenvalue weighted by molar-refractivity contribution is 6.10. The van der Waals surface area contributed by atoms with Crippen LogP contribution in [0.25, 0.3) is 0 Å². The van der Waals surface area contributed by atoms with Crippen molar-refractivity contribution in [3.05, 3.63) is 59.7 Å². The minimum Gasteiger partial charge on any atom is -0.304 e. The van der Waals surface area contributed by atoms with Crippen LogP contribution in [0.4, 0.5) is 11.4 Å². The smallest absolute Gasteiger partial charge is 0.258 e. The largest absolute Gasteiger partial charge is 0.304 e. The maximum absolute atomic E-state index is 12.2. The lowest BCUT2D eigenvalue weighted by atomic mass is 10.1. The Bertz CT molecular complexity index is 686. The third-order valence-corrected chi connectivity index (χ3v) is 3.16. The summed E-state index contributed by atoms with van der Waals surface area (Å²) in [5.74, 6) is 0.00207. The van der Waals surface area contributed by atoms with E-state index < -0.39 is 0 Å². The maximum atomic E-state index is 12.2. The fourth-order valence-electron chi connectivity index (χ4n) is 2.22. The molecule has 0 atom stereocenters. The molecule has 0 saturated heterocycles. The number of aliphatic imine (C=N–C) groups is 1. The Morgan fingerprint density at radius 2 is 1.79 bits per heavy atom. The normalized spacial score (nSPS) is 13.1. The SMILES string of the molecule is O=C=Nc1ccc(N2Cc3ccccc3C2=O)cc1. The molecule has 92 valence electrons. The molecule has 1 heterocycles. The van der Waals surface area contributed by atoms with E-state index in [0.717, 1.165) is 16.8 Å². The lowest BCUT2D eigenvalue weighted by Crippen LogP contribution is -2.22. The molecule has 19 heavy (non-hydrogen) atoms. The number of hydrogen-bond acceptors (Lipinski definition) is 3. The molecule has 0 radical (unpaired) electrons. The van der Waals surface area contributed by atoms with Crippen molar-refractivity contribution in [3.63, 3.8) is 0 Å². The molecule has 0 aromatic heterocycles. The molecule has 1 amide bonds. The summed E-state index contributed by atoms with van der Waals surface area (Å²) in [6.45, 7) is 0.575. The molecule has 0 N–H and O–H groups in total. The van der Waals surface area contributed by atoms with E-state index in [1.54, 1.807) is 29.2 Å². The topological polar surface area (TPSA) is 49.7 Å². The second kappa shape index (κ2) is 4.52. The predicted octanol–water partition coefficient (Wildman–Crippen LogP) is 2.81. The number of hydrogen-bond donors (Lipinski definition) is 0. The number of anilines is 1. The first-order chi connectivity index (χ1) is 9.29. The van der Waals surface area contributed by atoms with Gasteiger partial charge in [-0.15, -0.1) is 0 Å². The first kappa shape index (κ1) is 11.4. The average molecular weight is 250 g/mol. The second-order valence-corrected chi connectivity index (χ2v) is 4.27. The lowest BCUT2D eigenvalue weighted by Gasteiger charge is -2.15. The standard InChI is InChI=1S/C15H10N2O2/c18-10-16-12-5-7-13(8-6-12)17-9-11-3-1-2-4-14(11)15(17)19/h1-8H,9H2. The third kappa shape index (κ3) is 1.94. The summed E-state index contributed by atoms with van der Waals surface area (Å²) in [7, 11) is 0. The van der Waals surface area contributed by atoms with Crippen molar-refractivity contribution in [2.75, 3.05) is 4.90 Å². The van der Waals surface area contributed by atoms with Crippen molar-refractivity contribution in [2.45, 2.75) is 6.54 Å². The van der Waals surface area contributed by atoms with Gasteiger partial charge in [0, 0.05) is 11.3 Å². The quantitative estimate of drug-likeness (QED) is 0.608. The summed E-state index contributed by atoms with van der Waals surface area (Å²) in [5.41, 5.74) is 3.11. The summed E-state index contributed by atoms with van der Waals surface area (Å²) in [6, 6.07) is 14.5. The van der Waals surface area contributed by atoms with Crippen molar-refractivity contribution in [1.82, 2.24) is 0 Å². The zero-order valence-corrected chi connectivity index (χ0v) is 10.0. The predicted molar refractivity (Wildman–Crippen MR) is 71.2 cm³/mol. The molecule has 0 bridgehead atoms. The Kier molecular flexibility index (Phi) is 2.71. The second-order valence-electron chi connectivity index (χ2n) is 4.27. The van der Waals surface area contributed by atoms with Crippen LogP contribution < -0.4 is 4.90 Å². The molecular formula is C15H10N2O2. The van der Waals surface area contributed by atoms with Gasteiger partial charge in [0.05, 0.1) is 12.2 Å². The van der Waals surface area contributed by atoms with Crippen molar-refractivity contribution in [1.29, 1.82) is 0 Å². The molecule has 0 unspecified atom stereocenters. The van der Waals surface area contributed by atoms with E-state index in [0.29, 0.717) is 12.2 Å². The number of fused-ring (bicyclic) bond motifs is 1. The Hall–Kier alpha value is -2.71. The van der Waals surface area contributed by atoms with E-state index in [9.17, 15) is 9.59 Å². The minimum absolute atomic E-state index is 0.00207. The van der Waals surface area contributed by atoms with Gasteiger partial charge < -0.3 is 4.90 Å². The van der Waals surface area contributed by atoms with Crippen LogP contribution in [0.1, 0.15) is 15.9 Å². The number of carbonyl (C=O) groups is 1. The monoisotopic (exact) mass is 250 g/mol. The fourth-order valence-corrected chi connectivity index (χ4v) is 2.22. The summed E-state index contributed by atoms with van der Waals surface area (Å²) < 4.78 is 0. The van der Waals surface area contributed by atoms with E-state index in [4.69, 9.17) is 0 Å². The first-order valence-electron chi connectivity index (χ1n) is 5.87. The van der Waals surface area contributed by atoms with Crippen LogP contribution in [0.2, 0.25) is 0 Å². The molecule has 1 aliphatic rings. The number of carbonyl (C=O) groups excluding carboxylic acids is 2. The molecule has 0 spiro atoms. The number of nitrogens with zero attached hydrogens (tertiary/aromatic N) is 2. The van der Waals surface area contributed by atoms with Crippen LogP contribution in [0, 0.1) is 0 Å². The highest BCUT2D eigenvalue weighted by Gasteiger charge is 2.27. The summed E-state index contributed by atoms with van der Waals surface area (Å²) in [5, 5.41) is 0. The van der Waals surface area contributed by atoms with Crippen molar-refractivity contribution < 1.29 is 9.59 Å². The van der Waals surface area contributed by atoms with Gasteiger partial charge in [-0.1, -0.05) is 18.2 Å². The van der Waals surface area contributed by atoms with Crippen LogP contribution in [0.3, 0.4) is 0 Å². The fraction of sp³-hybridized carbons (Fsp3) is 0.0667. The number of benzene rings is 2. The number of rotatable bonds is 2. The Balaban J connectivity index is 1.93. The molecule has 0 fully saturated rings. The van der Waals surface area contributed by atoms with Gasteiger partial charge in [-0.25, -0.2) is 4.79 Å². The highest BCUT2D eigenvalue weighted by atomic mass is 16.2. The molecule has 0 aliphatic carbocycles. The van der Waals surface area contributed by atoms with Crippen molar-refractivity contribution in [2.24, 2.45) is 4.99 Å². The van der Waals surface area contributed by atoms with Crippen molar-refractivity contribution >= 4 is 23.4 Å². The third-order valence-electron chi connectivity index (χ3n) is 3.16. The Labute approximate surface area is 110 Å². The molecule has 0 saturated carbocycles. The van der Waals surface area contributed by atoms with Gasteiger partial charge in [0.1, 0.15) is 0 Å². The minimum atomic E-state index is 0.00207. The van der Waals surface area contributed by atoms with Gasteiger partial charge in [0.2, 0.25) is 6.08 Å². The lowest BCUT2D eigenvalue weighted by molar-refractivity contribution is 0.0996. The molecule has 4 nitrogen and oxygen atoms in total. The zero-order valence-electron chi connectivity index (χ0n) is 10.0. The first-order valence-corrected chi connectivity index (χ1v) is 5.87. The Morgan fingerprint density at radius 3 is 2.47 bits per heavy atom. The maximum Gasteiger partial charge on any atom is 0.258 e. The summed E-state index contributed by atoms with van der Waals surface area (Å²) in [4.78, 5) is 27.6. The van der Waals surface area contributed by atoms with Crippen LogP contribution in [-0.4, -0.2) is 12.0 Å². The van der Waals surface area contributed by atoms with Gasteiger partial charge in [0.15, 0.2) is 0 Å². The molecule has 2 aromatic rings. The number of isocyanates is 1. The molecular weight excluding hydrogens is 240 g/mol. The summed E-state index contributed by atoms with van der Waals surface area (Å²) in [6.07, 6.45) is 1.49. The molecule has 3 rings (SSSR count). The van der Waals surface area contributed by atoms with Crippen LogP contribution in [0.5, 0.6) is 0 Å². The van der Waals surface area contributed by atoms with Crippen LogP contribution in [0.15, 0.2) is 53.5 Å². The van der Waals surface area contributed by atoms with Crippen LogP contribution >= 0.6 is 0 Å². The van der Waals surface area contributed by atoms with E-state index in [2.05, 4.69) is 4.99 Å². The van der Waals surface area contributed by atoms with E-state index >= 15 is 0 Å². The van der Waals surface area contributed by atoms with E-state index in [1.165, 1.54) is 6.08 Å². The van der Waals surface area contributed by atoms with E-state index in [1.807, 2.05) is 24.3 Å². The Morgan fingerprint density at radius 1 is 1.05 bits per heavy atom. The molecule has 2 aromatic carbocycles. The molecule has 4 heteroatoms. The van der Waals surface area contributed by atoms with E-state index in [-0.39, 0.29) is 5.91 Å². The van der Waals surface area contributed by atoms with Crippen molar-refractivity contribution in [3.8, 4) is 0 Å². The zero-order chi connectivity index (χ0) is 13.2. The van der Waals surface area contributed by atoms with Gasteiger partial charge in [-0.2, -0.15) is 4.99 Å². The highest BCUT2D eigenvalue weighted by Crippen LogP contribution is 2.29. The number of amides is 1. The summed E-state index contributed by atoms with van der Waals surface area (Å²) >= 11 is 0. The van der Waals surface area contributed by atoms with Gasteiger partial charge in [-0.3, -0.25) is 4.79 Å². The van der Waals surface area contributed by atoms with Gasteiger partial charge >= 0.3 is 0 Å². The van der Waals surface area contributed by atoms with Gasteiger partial charge in [0.25, 0.3) is 5.91 Å². The molecule has 1 aliphatic heterocycles. The van der Waals surface area contributed by atoms with Crippen LogP contribution in [-0.2, 0) is 11.3 Å². The van der Waals surface area contributed by atoms with Gasteiger partial charge in [-0.05, 0) is 35.9 Å². The average Bonchev–Trinajstić information content (AvgIpc) is 2.78.